The van der Waals surface area contributed by atoms with Gasteiger partial charge < -0.3 is 10.0 Å². The van der Waals surface area contributed by atoms with Crippen LogP contribution >= 0.6 is 0 Å². The van der Waals surface area contributed by atoms with Crippen LogP contribution in [0.1, 0.15) is 32.1 Å². The summed E-state index contributed by atoms with van der Waals surface area (Å²) < 4.78 is 12.1. The van der Waals surface area contributed by atoms with Crippen LogP contribution in [0.25, 0.3) is 0 Å². The maximum Gasteiger partial charge on any atom is 0.269 e. The summed E-state index contributed by atoms with van der Waals surface area (Å²) >= 11 is 0. The summed E-state index contributed by atoms with van der Waals surface area (Å²) in [5.41, 5.74) is -0.0959. The number of aliphatic hydroxyl groups excluding tert-OH is 1. The number of benzene rings is 1. The van der Waals surface area contributed by atoms with Gasteiger partial charge >= 0.3 is 0 Å². The fourth-order valence-electron chi connectivity index (χ4n) is 2.57. The molecule has 0 atom stereocenters. The van der Waals surface area contributed by atoms with Gasteiger partial charge in [-0.15, -0.1) is 0 Å². The predicted octanol–water partition coefficient (Wildman–Crippen LogP) is 2.73. The summed E-state index contributed by atoms with van der Waals surface area (Å²) in [6, 6.07) is 5.23. The van der Waals surface area contributed by atoms with E-state index in [0.29, 0.717) is 0 Å². The molecule has 1 aliphatic heterocycles. The molecule has 1 heterocycles. The van der Waals surface area contributed by atoms with Crippen molar-refractivity contribution in [1.29, 1.82) is 0 Å². The van der Waals surface area contributed by atoms with Gasteiger partial charge in [0, 0.05) is 31.3 Å². The third-order valence-electron chi connectivity index (χ3n) is 4.13. The van der Waals surface area contributed by atoms with Gasteiger partial charge in [-0.3, -0.25) is 10.1 Å². The highest BCUT2D eigenvalue weighted by Gasteiger charge is 2.27. The first-order chi connectivity index (χ1) is 10.1. The number of non-ortho nitro benzene ring substituents is 1. The van der Waals surface area contributed by atoms with Crippen LogP contribution in [0.4, 0.5) is 10.1 Å². The summed E-state index contributed by atoms with van der Waals surface area (Å²) in [6.07, 6.45) is 6.20. The first kappa shape index (κ1) is 15.9. The Hall–Kier alpha value is -1.53. The Balaban J connectivity index is 0.000000155. The van der Waals surface area contributed by atoms with Gasteiger partial charge in [0.1, 0.15) is 5.82 Å². The van der Waals surface area contributed by atoms with Crippen molar-refractivity contribution in [2.75, 3.05) is 13.1 Å². The zero-order valence-corrected chi connectivity index (χ0v) is 11.9. The van der Waals surface area contributed by atoms with Gasteiger partial charge in [-0.05, 0) is 37.8 Å². The van der Waals surface area contributed by atoms with E-state index in [1.807, 2.05) is 0 Å². The van der Waals surface area contributed by atoms with Crippen molar-refractivity contribution in [2.24, 2.45) is 0 Å². The van der Waals surface area contributed by atoms with Crippen LogP contribution in [-0.4, -0.2) is 40.2 Å². The fraction of sp³-hybridized carbons (Fsp3) is 0.600. The number of halogens is 1. The van der Waals surface area contributed by atoms with Crippen molar-refractivity contribution in [3.8, 4) is 0 Å². The molecule has 2 fully saturated rings. The van der Waals surface area contributed by atoms with Gasteiger partial charge in [-0.1, -0.05) is 6.42 Å². The number of likely N-dealkylation sites (tertiary alicyclic amines) is 1. The topological polar surface area (TPSA) is 66.6 Å². The van der Waals surface area contributed by atoms with Crippen molar-refractivity contribution in [3.63, 3.8) is 0 Å². The molecule has 0 bridgehead atoms. The first-order valence-corrected chi connectivity index (χ1v) is 7.38. The highest BCUT2D eigenvalue weighted by Crippen LogP contribution is 2.27. The van der Waals surface area contributed by atoms with Gasteiger partial charge in [0.05, 0.1) is 11.0 Å². The minimum atomic E-state index is -0.570. The third kappa shape index (κ3) is 4.75. The summed E-state index contributed by atoms with van der Waals surface area (Å²) in [6.45, 7) is 2.26. The Bertz CT molecular complexity index is 454. The standard InChI is InChI=1S/C9H17NO.C6H4FNO2/c11-9-4-6-10(7-5-9)8-2-1-3-8;7-5-1-3-6(4-2-5)8(9)10/h8-9,11H,1-7H2;1-4H. The van der Waals surface area contributed by atoms with E-state index in [-0.39, 0.29) is 11.8 Å². The molecular weight excluding hydrogens is 275 g/mol. The smallest absolute Gasteiger partial charge is 0.269 e. The monoisotopic (exact) mass is 296 g/mol. The number of nitro benzene ring substituents is 1. The van der Waals surface area contributed by atoms with Gasteiger partial charge in [-0.25, -0.2) is 4.39 Å². The quantitative estimate of drug-likeness (QED) is 0.673. The molecule has 1 aromatic rings. The minimum absolute atomic E-state index is 0.00803. The molecular formula is C15H21FN2O3. The van der Waals surface area contributed by atoms with Crippen LogP contribution in [-0.2, 0) is 0 Å². The molecule has 1 aliphatic carbocycles. The second kappa shape index (κ2) is 7.47. The van der Waals surface area contributed by atoms with Crippen molar-refractivity contribution in [1.82, 2.24) is 4.90 Å². The summed E-state index contributed by atoms with van der Waals surface area (Å²) in [5, 5.41) is 19.3. The molecule has 5 nitrogen and oxygen atoms in total. The number of hydrogen-bond acceptors (Lipinski definition) is 4. The van der Waals surface area contributed by atoms with Crippen LogP contribution < -0.4 is 0 Å². The molecule has 0 aromatic heterocycles. The molecule has 3 rings (SSSR count). The lowest BCUT2D eigenvalue weighted by atomic mass is 9.90. The van der Waals surface area contributed by atoms with E-state index in [4.69, 9.17) is 0 Å². The zero-order chi connectivity index (χ0) is 15.2. The van der Waals surface area contributed by atoms with Crippen molar-refractivity contribution < 1.29 is 14.4 Å². The zero-order valence-electron chi connectivity index (χ0n) is 11.9. The third-order valence-corrected chi connectivity index (χ3v) is 4.13. The van der Waals surface area contributed by atoms with Gasteiger partial charge in [0.25, 0.3) is 5.69 Å². The molecule has 1 saturated heterocycles. The summed E-state index contributed by atoms with van der Waals surface area (Å²) in [5.74, 6) is -0.467. The lowest BCUT2D eigenvalue weighted by Gasteiger charge is -2.40. The van der Waals surface area contributed by atoms with E-state index < -0.39 is 10.7 Å². The Morgan fingerprint density at radius 3 is 2.14 bits per heavy atom. The van der Waals surface area contributed by atoms with Gasteiger partial charge in [0.15, 0.2) is 0 Å². The average Bonchev–Trinajstić information content (AvgIpc) is 2.41. The van der Waals surface area contributed by atoms with E-state index in [2.05, 4.69) is 4.90 Å². The molecule has 0 amide bonds. The van der Waals surface area contributed by atoms with Crippen LogP contribution in [0.15, 0.2) is 24.3 Å². The second-order valence-electron chi connectivity index (χ2n) is 5.59. The molecule has 1 aromatic carbocycles. The molecule has 116 valence electrons. The van der Waals surface area contributed by atoms with E-state index in [1.54, 1.807) is 0 Å². The molecule has 21 heavy (non-hydrogen) atoms. The number of piperidine rings is 1. The molecule has 2 aliphatic rings. The van der Waals surface area contributed by atoms with Crippen molar-refractivity contribution in [2.45, 2.75) is 44.2 Å². The Morgan fingerprint density at radius 2 is 1.71 bits per heavy atom. The number of hydrogen-bond donors (Lipinski definition) is 1. The van der Waals surface area contributed by atoms with Crippen molar-refractivity contribution in [3.05, 3.63) is 40.2 Å². The highest BCUT2D eigenvalue weighted by molar-refractivity contribution is 5.28. The molecule has 0 unspecified atom stereocenters. The lowest BCUT2D eigenvalue weighted by Crippen LogP contribution is -2.45. The Kier molecular flexibility index (Phi) is 5.64. The van der Waals surface area contributed by atoms with Crippen LogP contribution in [0.3, 0.4) is 0 Å². The Morgan fingerprint density at radius 1 is 1.14 bits per heavy atom. The number of rotatable bonds is 2. The van der Waals surface area contributed by atoms with E-state index in [0.717, 1.165) is 56.2 Å². The van der Waals surface area contributed by atoms with E-state index in [1.165, 1.54) is 19.3 Å². The molecule has 1 N–H and O–H groups in total. The number of nitro groups is 1. The van der Waals surface area contributed by atoms with Crippen LogP contribution in [0.5, 0.6) is 0 Å². The number of nitrogens with zero attached hydrogens (tertiary/aromatic N) is 2. The minimum Gasteiger partial charge on any atom is -0.393 e. The molecule has 0 spiro atoms. The predicted molar refractivity (Wildman–Crippen MR) is 77.5 cm³/mol. The van der Waals surface area contributed by atoms with E-state index >= 15 is 0 Å². The maximum atomic E-state index is 12.1. The van der Waals surface area contributed by atoms with Crippen molar-refractivity contribution >= 4 is 5.69 Å². The maximum absolute atomic E-state index is 12.1. The van der Waals surface area contributed by atoms with E-state index in [9.17, 15) is 19.6 Å². The molecule has 1 saturated carbocycles. The normalized spacial score (nSPS) is 20.3. The Labute approximate surface area is 123 Å². The van der Waals surface area contributed by atoms with Crippen LogP contribution in [0, 0.1) is 15.9 Å². The highest BCUT2D eigenvalue weighted by atomic mass is 19.1. The number of aliphatic hydroxyl groups is 1. The summed E-state index contributed by atoms with van der Waals surface area (Å²) in [7, 11) is 0. The largest absolute Gasteiger partial charge is 0.393 e. The lowest BCUT2D eigenvalue weighted by molar-refractivity contribution is -0.384. The van der Waals surface area contributed by atoms with Gasteiger partial charge in [0.2, 0.25) is 0 Å². The SMILES string of the molecule is O=[N+]([O-])c1ccc(F)cc1.OC1CCN(C2CCC2)CC1. The fourth-order valence-corrected chi connectivity index (χ4v) is 2.57. The van der Waals surface area contributed by atoms with Crippen LogP contribution in [0.2, 0.25) is 0 Å². The van der Waals surface area contributed by atoms with Gasteiger partial charge in [-0.2, -0.15) is 0 Å². The molecule has 0 radical (unpaired) electrons. The first-order valence-electron chi connectivity index (χ1n) is 7.38. The second-order valence-corrected chi connectivity index (χ2v) is 5.59. The summed E-state index contributed by atoms with van der Waals surface area (Å²) in [4.78, 5) is 12.0. The molecule has 6 heteroatoms. The average molecular weight is 296 g/mol.